The number of nitrogens with two attached hydrogens (primary N) is 1. The normalized spacial score (nSPS) is 20.2. The third kappa shape index (κ3) is 2.28. The van der Waals surface area contributed by atoms with Gasteiger partial charge in [-0.2, -0.15) is 0 Å². The lowest BCUT2D eigenvalue weighted by molar-refractivity contribution is 0.0473. The van der Waals surface area contributed by atoms with Gasteiger partial charge in [0.05, 0.1) is 6.61 Å². The number of anilines is 2. The molecule has 0 saturated heterocycles. The monoisotopic (exact) mass is 280 g/mol. The fraction of sp³-hybridized carbons (Fsp3) is 0.333. The zero-order chi connectivity index (χ0) is 14.2. The minimum atomic E-state index is 0.179. The third-order valence-electron chi connectivity index (χ3n) is 4.57. The fourth-order valence-corrected chi connectivity index (χ4v) is 3.51. The van der Waals surface area contributed by atoms with Crippen LogP contribution in [-0.4, -0.2) is 19.7 Å². The van der Waals surface area contributed by atoms with Crippen LogP contribution in [0.15, 0.2) is 42.5 Å². The lowest BCUT2D eigenvalue weighted by Crippen LogP contribution is -2.30. The number of nitrogens with zero attached hydrogens (tertiary/aromatic N) is 1. The molecule has 3 heteroatoms. The molecular formula is C18H20N2O. The molecule has 4 rings (SSSR count). The SMILES string of the molecule is Nc1ccc2c(c1)CCN2CC1OCCc2ccccc21. The van der Waals surface area contributed by atoms with E-state index in [0.29, 0.717) is 0 Å². The first kappa shape index (κ1) is 12.7. The van der Waals surface area contributed by atoms with Crippen molar-refractivity contribution in [2.75, 3.05) is 30.3 Å². The Kier molecular flexibility index (Phi) is 3.08. The Morgan fingerprint density at radius 3 is 2.95 bits per heavy atom. The van der Waals surface area contributed by atoms with Crippen LogP contribution < -0.4 is 10.6 Å². The van der Waals surface area contributed by atoms with Gasteiger partial charge in [0.15, 0.2) is 0 Å². The van der Waals surface area contributed by atoms with Crippen LogP contribution in [0.2, 0.25) is 0 Å². The van der Waals surface area contributed by atoms with E-state index in [1.54, 1.807) is 0 Å². The summed E-state index contributed by atoms with van der Waals surface area (Å²) in [4.78, 5) is 2.43. The highest BCUT2D eigenvalue weighted by Crippen LogP contribution is 2.34. The Balaban J connectivity index is 1.59. The number of benzene rings is 2. The predicted octanol–water partition coefficient (Wildman–Crippen LogP) is 2.95. The van der Waals surface area contributed by atoms with Gasteiger partial charge in [0.2, 0.25) is 0 Å². The number of rotatable bonds is 2. The van der Waals surface area contributed by atoms with E-state index in [4.69, 9.17) is 10.5 Å². The molecule has 0 spiro atoms. The topological polar surface area (TPSA) is 38.5 Å². The summed E-state index contributed by atoms with van der Waals surface area (Å²) in [6, 6.07) is 14.9. The maximum atomic E-state index is 6.04. The Bertz CT molecular complexity index is 668. The molecule has 2 aliphatic rings. The quantitative estimate of drug-likeness (QED) is 0.860. The van der Waals surface area contributed by atoms with E-state index < -0.39 is 0 Å². The van der Waals surface area contributed by atoms with Gasteiger partial charge in [-0.3, -0.25) is 0 Å². The van der Waals surface area contributed by atoms with E-state index in [0.717, 1.165) is 38.2 Å². The van der Waals surface area contributed by atoms with E-state index in [2.05, 4.69) is 41.3 Å². The molecule has 0 aromatic heterocycles. The van der Waals surface area contributed by atoms with Crippen molar-refractivity contribution in [1.82, 2.24) is 0 Å². The summed E-state index contributed by atoms with van der Waals surface area (Å²) >= 11 is 0. The van der Waals surface area contributed by atoms with Gasteiger partial charge in [0, 0.05) is 24.5 Å². The lowest BCUT2D eigenvalue weighted by atomic mass is 9.97. The molecule has 2 heterocycles. The average Bonchev–Trinajstić information content (AvgIpc) is 2.90. The van der Waals surface area contributed by atoms with Crippen molar-refractivity contribution in [1.29, 1.82) is 0 Å². The minimum Gasteiger partial charge on any atom is -0.399 e. The lowest BCUT2D eigenvalue weighted by Gasteiger charge is -2.30. The maximum Gasteiger partial charge on any atom is 0.100 e. The number of ether oxygens (including phenoxy) is 1. The molecule has 0 aliphatic carbocycles. The second kappa shape index (κ2) is 5.08. The molecule has 2 N–H and O–H groups in total. The van der Waals surface area contributed by atoms with Gasteiger partial charge in [-0.25, -0.2) is 0 Å². The average molecular weight is 280 g/mol. The molecule has 21 heavy (non-hydrogen) atoms. The summed E-state index contributed by atoms with van der Waals surface area (Å²) < 4.78 is 6.04. The van der Waals surface area contributed by atoms with E-state index in [9.17, 15) is 0 Å². The molecule has 3 nitrogen and oxygen atoms in total. The minimum absolute atomic E-state index is 0.179. The maximum absolute atomic E-state index is 6.04. The van der Waals surface area contributed by atoms with E-state index in [1.165, 1.54) is 22.4 Å². The second-order valence-electron chi connectivity index (χ2n) is 5.89. The molecule has 0 bridgehead atoms. The molecule has 2 aromatic rings. The van der Waals surface area contributed by atoms with Crippen molar-refractivity contribution >= 4 is 11.4 Å². The Hall–Kier alpha value is -2.00. The molecule has 1 unspecified atom stereocenters. The molecule has 2 aromatic carbocycles. The zero-order valence-corrected chi connectivity index (χ0v) is 12.1. The predicted molar refractivity (Wildman–Crippen MR) is 85.6 cm³/mol. The third-order valence-corrected chi connectivity index (χ3v) is 4.57. The molecule has 0 fully saturated rings. The summed E-state index contributed by atoms with van der Waals surface area (Å²) in [6.45, 7) is 2.80. The first-order valence-corrected chi connectivity index (χ1v) is 7.64. The molecule has 108 valence electrons. The van der Waals surface area contributed by atoms with Crippen LogP contribution in [-0.2, 0) is 17.6 Å². The van der Waals surface area contributed by atoms with E-state index >= 15 is 0 Å². The standard InChI is InChI=1S/C18H20N2O/c19-15-5-6-17-14(11-15)7-9-20(17)12-18-16-4-2-1-3-13(16)8-10-21-18/h1-6,11,18H,7-10,12,19H2. The Labute approximate surface area is 125 Å². The van der Waals surface area contributed by atoms with Crippen LogP contribution in [0.5, 0.6) is 0 Å². The van der Waals surface area contributed by atoms with Crippen LogP contribution in [0.3, 0.4) is 0 Å². The van der Waals surface area contributed by atoms with Crippen molar-refractivity contribution in [3.8, 4) is 0 Å². The van der Waals surface area contributed by atoms with Crippen molar-refractivity contribution in [3.63, 3.8) is 0 Å². The van der Waals surface area contributed by atoms with Crippen LogP contribution in [0, 0.1) is 0 Å². The summed E-state index contributed by atoms with van der Waals surface area (Å²) in [5.41, 5.74) is 12.2. The van der Waals surface area contributed by atoms with Crippen LogP contribution in [0.1, 0.15) is 22.8 Å². The summed E-state index contributed by atoms with van der Waals surface area (Å²) in [5.74, 6) is 0. The van der Waals surface area contributed by atoms with Gasteiger partial charge >= 0.3 is 0 Å². The summed E-state index contributed by atoms with van der Waals surface area (Å²) in [7, 11) is 0. The summed E-state index contributed by atoms with van der Waals surface area (Å²) in [6.07, 6.45) is 2.28. The van der Waals surface area contributed by atoms with Crippen LogP contribution in [0.4, 0.5) is 11.4 Å². The smallest absolute Gasteiger partial charge is 0.100 e. The molecule has 0 saturated carbocycles. The van der Waals surface area contributed by atoms with Gasteiger partial charge in [-0.15, -0.1) is 0 Å². The van der Waals surface area contributed by atoms with E-state index in [1.807, 2.05) is 6.07 Å². The van der Waals surface area contributed by atoms with Gasteiger partial charge < -0.3 is 15.4 Å². The van der Waals surface area contributed by atoms with Gasteiger partial charge in [-0.1, -0.05) is 24.3 Å². The highest BCUT2D eigenvalue weighted by Gasteiger charge is 2.26. The summed E-state index contributed by atoms with van der Waals surface area (Å²) in [5, 5.41) is 0. The highest BCUT2D eigenvalue weighted by molar-refractivity contribution is 5.63. The zero-order valence-electron chi connectivity index (χ0n) is 12.1. The van der Waals surface area contributed by atoms with Crippen LogP contribution >= 0.6 is 0 Å². The number of hydrogen-bond donors (Lipinski definition) is 1. The molecule has 2 aliphatic heterocycles. The van der Waals surface area contributed by atoms with Crippen molar-refractivity contribution in [2.24, 2.45) is 0 Å². The fourth-order valence-electron chi connectivity index (χ4n) is 3.51. The molecule has 0 amide bonds. The van der Waals surface area contributed by atoms with Crippen molar-refractivity contribution in [2.45, 2.75) is 18.9 Å². The number of nitrogen functional groups attached to an aromatic ring is 1. The van der Waals surface area contributed by atoms with Crippen molar-refractivity contribution < 1.29 is 4.74 Å². The largest absolute Gasteiger partial charge is 0.399 e. The Morgan fingerprint density at radius 1 is 1.10 bits per heavy atom. The molecule has 0 radical (unpaired) electrons. The molecule has 1 atom stereocenters. The van der Waals surface area contributed by atoms with E-state index in [-0.39, 0.29) is 6.10 Å². The number of hydrogen-bond acceptors (Lipinski definition) is 3. The van der Waals surface area contributed by atoms with Gasteiger partial charge in [0.25, 0.3) is 0 Å². The Morgan fingerprint density at radius 2 is 2.00 bits per heavy atom. The van der Waals surface area contributed by atoms with Gasteiger partial charge in [0.1, 0.15) is 6.10 Å². The first-order chi connectivity index (χ1) is 10.3. The van der Waals surface area contributed by atoms with Crippen molar-refractivity contribution in [3.05, 3.63) is 59.2 Å². The highest BCUT2D eigenvalue weighted by atomic mass is 16.5. The first-order valence-electron chi connectivity index (χ1n) is 7.64. The second-order valence-corrected chi connectivity index (χ2v) is 5.89. The van der Waals surface area contributed by atoms with Crippen LogP contribution in [0.25, 0.3) is 0 Å². The van der Waals surface area contributed by atoms with Gasteiger partial charge in [-0.05, 0) is 47.7 Å². The molecular weight excluding hydrogens is 260 g/mol. The number of fused-ring (bicyclic) bond motifs is 2.